The summed E-state index contributed by atoms with van der Waals surface area (Å²) in [6, 6.07) is 2.50. The van der Waals surface area contributed by atoms with Gasteiger partial charge in [-0.1, -0.05) is 0 Å². The van der Waals surface area contributed by atoms with Gasteiger partial charge in [0.05, 0.1) is 12.2 Å². The Bertz CT molecular complexity index is 269. The fourth-order valence-corrected chi connectivity index (χ4v) is 1.84. The Morgan fingerprint density at radius 1 is 1.82 bits per heavy atom. The average molecular weight is 216 g/mol. The van der Waals surface area contributed by atoms with E-state index in [1.807, 2.05) is 4.68 Å². The van der Waals surface area contributed by atoms with Gasteiger partial charge in [0.2, 0.25) is 0 Å². The van der Waals surface area contributed by atoms with Gasteiger partial charge in [-0.25, -0.2) is 0 Å². The van der Waals surface area contributed by atoms with Crippen LogP contribution in [0.5, 0.6) is 0 Å². The zero-order valence-electron chi connectivity index (χ0n) is 6.34. The van der Waals surface area contributed by atoms with Crippen LogP contribution in [0.25, 0.3) is 0 Å². The molecule has 1 aliphatic heterocycles. The monoisotopic (exact) mass is 215 g/mol. The van der Waals surface area contributed by atoms with Gasteiger partial charge < -0.3 is 5.32 Å². The van der Waals surface area contributed by atoms with Gasteiger partial charge in [0.1, 0.15) is 4.60 Å². The Morgan fingerprint density at radius 3 is 3.36 bits per heavy atom. The van der Waals surface area contributed by atoms with Gasteiger partial charge >= 0.3 is 0 Å². The van der Waals surface area contributed by atoms with Crippen LogP contribution in [0.3, 0.4) is 0 Å². The molecule has 1 N–H and O–H groups in total. The van der Waals surface area contributed by atoms with Crippen LogP contribution in [0.4, 0.5) is 0 Å². The summed E-state index contributed by atoms with van der Waals surface area (Å²) < 4.78 is 2.98. The van der Waals surface area contributed by atoms with Crippen molar-refractivity contribution in [2.75, 3.05) is 6.54 Å². The van der Waals surface area contributed by atoms with Crippen molar-refractivity contribution in [1.82, 2.24) is 15.1 Å². The summed E-state index contributed by atoms with van der Waals surface area (Å²) in [6.45, 7) is 4.15. The number of fused-ring (bicyclic) bond motifs is 1. The van der Waals surface area contributed by atoms with Gasteiger partial charge in [0.15, 0.2) is 0 Å². The van der Waals surface area contributed by atoms with E-state index in [1.54, 1.807) is 0 Å². The van der Waals surface area contributed by atoms with E-state index in [0.29, 0.717) is 6.04 Å². The third-order valence-corrected chi connectivity index (χ3v) is 2.39. The van der Waals surface area contributed by atoms with Crippen molar-refractivity contribution in [2.24, 2.45) is 0 Å². The molecule has 0 bridgehead atoms. The molecule has 0 saturated carbocycles. The fourth-order valence-electron chi connectivity index (χ4n) is 1.42. The largest absolute Gasteiger partial charge is 0.307 e. The van der Waals surface area contributed by atoms with Crippen molar-refractivity contribution >= 4 is 15.9 Å². The molecular formula is C7H10BrN3. The highest BCUT2D eigenvalue weighted by Gasteiger charge is 2.16. The van der Waals surface area contributed by atoms with Gasteiger partial charge in [-0.15, -0.1) is 0 Å². The second kappa shape index (κ2) is 2.60. The number of rotatable bonds is 0. The van der Waals surface area contributed by atoms with Crippen LogP contribution in [0.2, 0.25) is 0 Å². The van der Waals surface area contributed by atoms with Gasteiger partial charge in [0, 0.05) is 12.6 Å². The first-order valence-electron chi connectivity index (χ1n) is 3.74. The van der Waals surface area contributed by atoms with E-state index in [1.165, 1.54) is 5.69 Å². The molecule has 1 aromatic rings. The summed E-state index contributed by atoms with van der Waals surface area (Å²) in [7, 11) is 0. The molecule has 1 atom stereocenters. The SMILES string of the molecule is CC1NCCn2nc(Br)cc21. The molecule has 0 radical (unpaired) electrons. The van der Waals surface area contributed by atoms with E-state index in [-0.39, 0.29) is 0 Å². The zero-order valence-corrected chi connectivity index (χ0v) is 7.93. The lowest BCUT2D eigenvalue weighted by molar-refractivity contribution is 0.419. The van der Waals surface area contributed by atoms with Crippen molar-refractivity contribution in [3.8, 4) is 0 Å². The third kappa shape index (κ3) is 1.20. The molecule has 11 heavy (non-hydrogen) atoms. The number of hydrogen-bond donors (Lipinski definition) is 1. The zero-order chi connectivity index (χ0) is 7.84. The number of aromatic nitrogens is 2. The molecule has 0 spiro atoms. The highest BCUT2D eigenvalue weighted by atomic mass is 79.9. The standard InChI is InChI=1S/C7H10BrN3/c1-5-6-4-7(8)10-11(6)3-2-9-5/h4-5,9H,2-3H2,1H3. The van der Waals surface area contributed by atoms with Crippen LogP contribution < -0.4 is 5.32 Å². The summed E-state index contributed by atoms with van der Waals surface area (Å²) in [6.07, 6.45) is 0. The molecule has 0 amide bonds. The van der Waals surface area contributed by atoms with Gasteiger partial charge in [-0.3, -0.25) is 4.68 Å². The average Bonchev–Trinajstić information content (AvgIpc) is 2.31. The second-order valence-electron chi connectivity index (χ2n) is 2.79. The molecule has 1 aromatic heterocycles. The first-order valence-corrected chi connectivity index (χ1v) is 4.53. The molecule has 0 aromatic carbocycles. The Morgan fingerprint density at radius 2 is 2.64 bits per heavy atom. The Kier molecular flexibility index (Phi) is 1.73. The van der Waals surface area contributed by atoms with Crippen molar-refractivity contribution in [1.29, 1.82) is 0 Å². The molecule has 2 rings (SSSR count). The highest BCUT2D eigenvalue weighted by Crippen LogP contribution is 2.19. The van der Waals surface area contributed by atoms with E-state index >= 15 is 0 Å². The molecule has 4 heteroatoms. The summed E-state index contributed by atoms with van der Waals surface area (Å²) in [4.78, 5) is 0. The Labute approximate surface area is 73.9 Å². The molecule has 0 saturated heterocycles. The molecular weight excluding hydrogens is 206 g/mol. The minimum Gasteiger partial charge on any atom is -0.307 e. The van der Waals surface area contributed by atoms with Crippen LogP contribution in [-0.2, 0) is 6.54 Å². The van der Waals surface area contributed by atoms with Crippen LogP contribution in [0, 0.1) is 0 Å². The van der Waals surface area contributed by atoms with Crippen molar-refractivity contribution in [3.63, 3.8) is 0 Å². The van der Waals surface area contributed by atoms with Crippen LogP contribution in [-0.4, -0.2) is 16.3 Å². The molecule has 1 unspecified atom stereocenters. The van der Waals surface area contributed by atoms with Crippen LogP contribution >= 0.6 is 15.9 Å². The maximum absolute atomic E-state index is 4.29. The summed E-state index contributed by atoms with van der Waals surface area (Å²) >= 11 is 3.36. The fraction of sp³-hybridized carbons (Fsp3) is 0.571. The lowest BCUT2D eigenvalue weighted by atomic mass is 10.2. The van der Waals surface area contributed by atoms with Crippen molar-refractivity contribution < 1.29 is 0 Å². The summed E-state index contributed by atoms with van der Waals surface area (Å²) in [5.74, 6) is 0. The first kappa shape index (κ1) is 7.31. The number of hydrogen-bond acceptors (Lipinski definition) is 2. The molecule has 60 valence electrons. The predicted molar refractivity (Wildman–Crippen MR) is 46.3 cm³/mol. The molecule has 0 aliphatic carbocycles. The van der Waals surface area contributed by atoms with E-state index in [4.69, 9.17) is 0 Å². The normalized spacial score (nSPS) is 23.3. The van der Waals surface area contributed by atoms with Crippen LogP contribution in [0.1, 0.15) is 18.7 Å². The Balaban J connectivity index is 2.43. The maximum atomic E-state index is 4.29. The summed E-state index contributed by atoms with van der Waals surface area (Å²) in [5.41, 5.74) is 1.27. The maximum Gasteiger partial charge on any atom is 0.128 e. The van der Waals surface area contributed by atoms with E-state index in [9.17, 15) is 0 Å². The van der Waals surface area contributed by atoms with Gasteiger partial charge in [-0.2, -0.15) is 5.10 Å². The molecule has 3 nitrogen and oxygen atoms in total. The minimum absolute atomic E-state index is 0.433. The molecule has 1 aliphatic rings. The van der Waals surface area contributed by atoms with Crippen molar-refractivity contribution in [3.05, 3.63) is 16.4 Å². The minimum atomic E-state index is 0.433. The lowest BCUT2D eigenvalue weighted by Gasteiger charge is -2.21. The second-order valence-corrected chi connectivity index (χ2v) is 3.60. The lowest BCUT2D eigenvalue weighted by Crippen LogP contribution is -2.31. The summed E-state index contributed by atoms with van der Waals surface area (Å²) in [5, 5.41) is 7.66. The number of nitrogens with one attached hydrogen (secondary N) is 1. The Hall–Kier alpha value is -0.350. The molecule has 2 heterocycles. The number of nitrogens with zero attached hydrogens (tertiary/aromatic N) is 2. The predicted octanol–water partition coefficient (Wildman–Crippen LogP) is 1.31. The van der Waals surface area contributed by atoms with E-state index < -0.39 is 0 Å². The smallest absolute Gasteiger partial charge is 0.128 e. The van der Waals surface area contributed by atoms with Crippen molar-refractivity contribution in [2.45, 2.75) is 19.5 Å². The molecule has 0 fully saturated rings. The third-order valence-electron chi connectivity index (χ3n) is 2.00. The number of halogens is 1. The van der Waals surface area contributed by atoms with Gasteiger partial charge in [0.25, 0.3) is 0 Å². The first-order chi connectivity index (χ1) is 5.27. The quantitative estimate of drug-likeness (QED) is 0.708. The highest BCUT2D eigenvalue weighted by molar-refractivity contribution is 9.10. The van der Waals surface area contributed by atoms with E-state index in [0.717, 1.165) is 17.7 Å². The van der Waals surface area contributed by atoms with E-state index in [2.05, 4.69) is 39.3 Å². The van der Waals surface area contributed by atoms with Gasteiger partial charge in [-0.05, 0) is 28.9 Å². The van der Waals surface area contributed by atoms with Crippen LogP contribution in [0.15, 0.2) is 10.7 Å². The topological polar surface area (TPSA) is 29.9 Å².